The molecular weight excluding hydrogens is 275 g/mol. The Morgan fingerprint density at radius 1 is 1.45 bits per heavy atom. The number of hydrogen-bond acceptors (Lipinski definition) is 2. The Balaban J connectivity index is 1.72. The molecule has 1 aromatic carbocycles. The van der Waals surface area contributed by atoms with Crippen LogP contribution in [0.2, 0.25) is 5.02 Å². The molecule has 0 radical (unpaired) electrons. The van der Waals surface area contributed by atoms with Crippen molar-refractivity contribution >= 4 is 11.6 Å². The van der Waals surface area contributed by atoms with E-state index in [1.165, 1.54) is 18.9 Å². The molecule has 0 bridgehead atoms. The summed E-state index contributed by atoms with van der Waals surface area (Å²) in [5.41, 5.74) is 1.32. The highest BCUT2D eigenvalue weighted by Gasteiger charge is 2.45. The molecular formula is C16H22ClFN2. The molecule has 2 nitrogen and oxygen atoms in total. The summed E-state index contributed by atoms with van der Waals surface area (Å²) in [6, 6.07) is 5.54. The topological polar surface area (TPSA) is 15.3 Å². The van der Waals surface area contributed by atoms with Crippen molar-refractivity contribution < 1.29 is 4.39 Å². The molecule has 3 rings (SSSR count). The molecule has 0 amide bonds. The molecule has 1 saturated carbocycles. The van der Waals surface area contributed by atoms with Gasteiger partial charge < -0.3 is 5.32 Å². The number of nitrogens with zero attached hydrogens (tertiary/aromatic N) is 1. The molecule has 2 fully saturated rings. The minimum atomic E-state index is -0.341. The summed E-state index contributed by atoms with van der Waals surface area (Å²) in [6.45, 7) is 7.48. The summed E-state index contributed by atoms with van der Waals surface area (Å²) in [6.07, 6.45) is 2.68. The van der Waals surface area contributed by atoms with Gasteiger partial charge in [0.25, 0.3) is 0 Å². The molecule has 2 aliphatic rings. The van der Waals surface area contributed by atoms with Crippen LogP contribution in [0.25, 0.3) is 0 Å². The van der Waals surface area contributed by atoms with E-state index in [0.29, 0.717) is 6.04 Å². The highest BCUT2D eigenvalue weighted by molar-refractivity contribution is 6.30. The lowest BCUT2D eigenvalue weighted by atomic mass is 9.91. The summed E-state index contributed by atoms with van der Waals surface area (Å²) >= 11 is 5.88. The Morgan fingerprint density at radius 3 is 2.85 bits per heavy atom. The molecule has 4 heteroatoms. The molecule has 2 unspecified atom stereocenters. The fraction of sp³-hybridized carbons (Fsp3) is 0.625. The molecule has 1 heterocycles. The first-order chi connectivity index (χ1) is 9.48. The maximum absolute atomic E-state index is 13.2. The zero-order valence-electron chi connectivity index (χ0n) is 12.1. The van der Waals surface area contributed by atoms with Gasteiger partial charge in [-0.2, -0.15) is 0 Å². The zero-order valence-corrected chi connectivity index (χ0v) is 12.9. The Kier molecular flexibility index (Phi) is 3.78. The number of nitrogens with one attached hydrogen (secondary N) is 1. The molecule has 1 aliphatic heterocycles. The van der Waals surface area contributed by atoms with Gasteiger partial charge in [0.1, 0.15) is 5.82 Å². The fourth-order valence-corrected chi connectivity index (χ4v) is 3.42. The van der Waals surface area contributed by atoms with Gasteiger partial charge in [0.2, 0.25) is 0 Å². The van der Waals surface area contributed by atoms with E-state index in [-0.39, 0.29) is 16.4 Å². The summed E-state index contributed by atoms with van der Waals surface area (Å²) in [4.78, 5) is 2.48. The van der Waals surface area contributed by atoms with Crippen LogP contribution < -0.4 is 5.32 Å². The molecule has 2 atom stereocenters. The van der Waals surface area contributed by atoms with Crippen LogP contribution in [0.4, 0.5) is 4.39 Å². The predicted octanol–water partition coefficient (Wildman–Crippen LogP) is 3.44. The van der Waals surface area contributed by atoms with E-state index >= 15 is 0 Å². The van der Waals surface area contributed by atoms with E-state index in [0.717, 1.165) is 31.1 Å². The van der Waals surface area contributed by atoms with Crippen LogP contribution >= 0.6 is 11.6 Å². The van der Waals surface area contributed by atoms with Crippen LogP contribution in [0.15, 0.2) is 18.2 Å². The molecule has 1 aromatic rings. The van der Waals surface area contributed by atoms with Gasteiger partial charge in [-0.15, -0.1) is 0 Å². The highest BCUT2D eigenvalue weighted by atomic mass is 35.5. The van der Waals surface area contributed by atoms with Gasteiger partial charge in [0.05, 0.1) is 5.02 Å². The van der Waals surface area contributed by atoms with Crippen molar-refractivity contribution in [1.29, 1.82) is 0 Å². The lowest BCUT2D eigenvalue weighted by Gasteiger charge is -2.45. The average molecular weight is 297 g/mol. The Labute approximate surface area is 125 Å². The first-order valence-corrected chi connectivity index (χ1v) is 7.79. The van der Waals surface area contributed by atoms with E-state index in [9.17, 15) is 4.39 Å². The molecule has 110 valence electrons. The maximum atomic E-state index is 13.2. The maximum Gasteiger partial charge on any atom is 0.141 e. The number of piperazine rings is 1. The lowest BCUT2D eigenvalue weighted by Crippen LogP contribution is -2.62. The van der Waals surface area contributed by atoms with Gasteiger partial charge in [0.15, 0.2) is 0 Å². The van der Waals surface area contributed by atoms with Crippen LogP contribution in [0.5, 0.6) is 0 Å². The van der Waals surface area contributed by atoms with Crippen molar-refractivity contribution in [3.63, 3.8) is 0 Å². The van der Waals surface area contributed by atoms with Gasteiger partial charge in [-0.3, -0.25) is 4.90 Å². The monoisotopic (exact) mass is 296 g/mol. The third kappa shape index (κ3) is 2.85. The lowest BCUT2D eigenvalue weighted by molar-refractivity contribution is 0.0770. The van der Waals surface area contributed by atoms with Crippen LogP contribution in [0.3, 0.4) is 0 Å². The Hall–Kier alpha value is -0.640. The molecule has 1 saturated heterocycles. The third-order valence-electron chi connectivity index (χ3n) is 4.80. The number of benzene rings is 1. The number of hydrogen-bond donors (Lipinski definition) is 1. The summed E-state index contributed by atoms with van der Waals surface area (Å²) in [5, 5.41) is 3.93. The van der Waals surface area contributed by atoms with Gasteiger partial charge in [0, 0.05) is 31.2 Å². The van der Waals surface area contributed by atoms with Gasteiger partial charge in [-0.05, 0) is 50.3 Å². The highest BCUT2D eigenvalue weighted by Crippen LogP contribution is 2.41. The zero-order chi connectivity index (χ0) is 14.3. The predicted molar refractivity (Wildman–Crippen MR) is 80.4 cm³/mol. The minimum Gasteiger partial charge on any atom is -0.308 e. The van der Waals surface area contributed by atoms with Crippen molar-refractivity contribution in [2.75, 3.05) is 13.1 Å². The molecule has 0 spiro atoms. The van der Waals surface area contributed by atoms with Crippen molar-refractivity contribution in [3.05, 3.63) is 34.6 Å². The van der Waals surface area contributed by atoms with Crippen LogP contribution in [0, 0.1) is 11.7 Å². The number of rotatable bonds is 3. The largest absolute Gasteiger partial charge is 0.308 e. The van der Waals surface area contributed by atoms with E-state index in [1.54, 1.807) is 6.07 Å². The average Bonchev–Trinajstić information content (AvgIpc) is 3.23. The van der Waals surface area contributed by atoms with Crippen LogP contribution in [-0.4, -0.2) is 29.6 Å². The third-order valence-corrected chi connectivity index (χ3v) is 5.09. The Bertz CT molecular complexity index is 503. The number of halogens is 2. The van der Waals surface area contributed by atoms with Gasteiger partial charge in [-0.25, -0.2) is 4.39 Å². The van der Waals surface area contributed by atoms with E-state index in [4.69, 9.17) is 11.6 Å². The first-order valence-electron chi connectivity index (χ1n) is 7.41. The standard InChI is InChI=1S/C16H22ClFN2/c1-11-8-19-16(2,13-4-5-13)10-20(11)9-12-3-6-15(18)14(17)7-12/h3,6-7,11,13,19H,4-5,8-10H2,1-2H3. The first kappa shape index (κ1) is 14.3. The Morgan fingerprint density at radius 2 is 2.20 bits per heavy atom. The van der Waals surface area contributed by atoms with Crippen molar-refractivity contribution in [2.45, 2.75) is 44.8 Å². The molecule has 1 aliphatic carbocycles. The van der Waals surface area contributed by atoms with E-state index in [2.05, 4.69) is 24.1 Å². The second-order valence-corrected chi connectivity index (χ2v) is 6.98. The normalized spacial score (nSPS) is 31.5. The SMILES string of the molecule is CC1CNC(C)(C2CC2)CN1Cc1ccc(F)c(Cl)c1. The second-order valence-electron chi connectivity index (χ2n) is 6.58. The smallest absolute Gasteiger partial charge is 0.141 e. The quantitative estimate of drug-likeness (QED) is 0.919. The summed E-state index contributed by atoms with van der Waals surface area (Å²) in [7, 11) is 0. The van der Waals surface area contributed by atoms with Crippen molar-refractivity contribution in [1.82, 2.24) is 10.2 Å². The fourth-order valence-electron chi connectivity index (χ4n) is 3.22. The van der Waals surface area contributed by atoms with E-state index < -0.39 is 0 Å². The minimum absolute atomic E-state index is 0.218. The van der Waals surface area contributed by atoms with E-state index in [1.807, 2.05) is 6.07 Å². The van der Waals surface area contributed by atoms with Gasteiger partial charge >= 0.3 is 0 Å². The van der Waals surface area contributed by atoms with Crippen LogP contribution in [0.1, 0.15) is 32.3 Å². The molecule has 20 heavy (non-hydrogen) atoms. The van der Waals surface area contributed by atoms with Crippen LogP contribution in [-0.2, 0) is 6.54 Å². The summed E-state index contributed by atoms with van der Waals surface area (Å²) in [5.74, 6) is 0.473. The second kappa shape index (κ2) is 5.28. The summed E-state index contributed by atoms with van der Waals surface area (Å²) < 4.78 is 13.2. The van der Waals surface area contributed by atoms with Gasteiger partial charge in [-0.1, -0.05) is 17.7 Å². The van der Waals surface area contributed by atoms with Crippen molar-refractivity contribution in [3.8, 4) is 0 Å². The molecule has 1 N–H and O–H groups in total. The van der Waals surface area contributed by atoms with Crippen molar-refractivity contribution in [2.24, 2.45) is 5.92 Å². The molecule has 0 aromatic heterocycles.